The maximum atomic E-state index is 12.6. The molecule has 1 heterocycles. The number of ether oxygens (including phenoxy) is 2. The zero-order chi connectivity index (χ0) is 18.9. The van der Waals surface area contributed by atoms with Gasteiger partial charge in [-0.3, -0.25) is 4.79 Å². The number of benzene rings is 1. The summed E-state index contributed by atoms with van der Waals surface area (Å²) in [7, 11) is 1.63. The minimum Gasteiger partial charge on any atom is -0.452 e. The van der Waals surface area contributed by atoms with Gasteiger partial charge in [-0.15, -0.1) is 0 Å². The summed E-state index contributed by atoms with van der Waals surface area (Å²) in [4.78, 5) is 26.8. The molecule has 1 amide bonds. The second-order valence-corrected chi connectivity index (χ2v) is 8.94. The van der Waals surface area contributed by atoms with E-state index in [9.17, 15) is 9.59 Å². The van der Waals surface area contributed by atoms with Crippen molar-refractivity contribution in [1.82, 2.24) is 4.90 Å². The van der Waals surface area contributed by atoms with Crippen LogP contribution in [-0.4, -0.2) is 43.1 Å². The molecule has 1 aromatic carbocycles. The topological polar surface area (TPSA) is 55.8 Å². The molecular formula is C21H29NO4. The highest BCUT2D eigenvalue weighted by molar-refractivity contribution is 5.91. The van der Waals surface area contributed by atoms with Gasteiger partial charge in [0.25, 0.3) is 5.91 Å². The van der Waals surface area contributed by atoms with Crippen LogP contribution in [0.2, 0.25) is 0 Å². The van der Waals surface area contributed by atoms with Gasteiger partial charge in [0.15, 0.2) is 6.61 Å². The molecular weight excluding hydrogens is 330 g/mol. The molecule has 142 valence electrons. The molecule has 5 heteroatoms. The van der Waals surface area contributed by atoms with Crippen molar-refractivity contribution >= 4 is 11.9 Å². The molecule has 0 radical (unpaired) electrons. The van der Waals surface area contributed by atoms with E-state index in [0.29, 0.717) is 12.2 Å². The van der Waals surface area contributed by atoms with Crippen molar-refractivity contribution < 1.29 is 19.1 Å². The maximum Gasteiger partial charge on any atom is 0.338 e. The fourth-order valence-corrected chi connectivity index (χ4v) is 4.95. The van der Waals surface area contributed by atoms with Crippen molar-refractivity contribution in [3.63, 3.8) is 0 Å². The highest BCUT2D eigenvalue weighted by Gasteiger charge is 2.50. The number of rotatable bonds is 5. The van der Waals surface area contributed by atoms with Crippen LogP contribution in [0.5, 0.6) is 0 Å². The lowest BCUT2D eigenvalue weighted by molar-refractivity contribution is -0.135. The van der Waals surface area contributed by atoms with Gasteiger partial charge in [-0.25, -0.2) is 4.79 Å². The summed E-state index contributed by atoms with van der Waals surface area (Å²) in [6.45, 7) is 7.90. The minimum atomic E-state index is -0.462. The predicted octanol–water partition coefficient (Wildman–Crippen LogP) is 3.42. The second-order valence-electron chi connectivity index (χ2n) is 8.94. The lowest BCUT2D eigenvalue weighted by Gasteiger charge is -2.39. The van der Waals surface area contributed by atoms with Gasteiger partial charge in [-0.2, -0.15) is 0 Å². The average molecular weight is 359 g/mol. The third-order valence-corrected chi connectivity index (χ3v) is 5.56. The fourth-order valence-electron chi connectivity index (χ4n) is 4.95. The Morgan fingerprint density at radius 1 is 1.15 bits per heavy atom. The third-order valence-electron chi connectivity index (χ3n) is 5.56. The van der Waals surface area contributed by atoms with Crippen molar-refractivity contribution in [2.45, 2.75) is 52.7 Å². The van der Waals surface area contributed by atoms with E-state index in [1.54, 1.807) is 19.2 Å². The van der Waals surface area contributed by atoms with Gasteiger partial charge in [-0.1, -0.05) is 32.9 Å². The van der Waals surface area contributed by atoms with E-state index in [4.69, 9.17) is 9.47 Å². The SMILES string of the molecule is COCc1ccc(C(=O)OCC(=O)N2C[C@]3(C)C[C@H]2CC(C)(C)C3)cc1. The van der Waals surface area contributed by atoms with Crippen LogP contribution in [0.25, 0.3) is 0 Å². The Kier molecular flexibility index (Phi) is 5.11. The molecule has 1 aliphatic heterocycles. The summed E-state index contributed by atoms with van der Waals surface area (Å²) in [5.74, 6) is -0.545. The van der Waals surface area contributed by atoms with E-state index in [0.717, 1.165) is 31.4 Å². The summed E-state index contributed by atoms with van der Waals surface area (Å²) in [5.41, 5.74) is 1.88. The summed E-state index contributed by atoms with van der Waals surface area (Å²) in [5, 5.41) is 0. The number of likely N-dealkylation sites (tertiary alicyclic amines) is 1. The molecule has 1 aliphatic carbocycles. The minimum absolute atomic E-state index is 0.0826. The molecule has 26 heavy (non-hydrogen) atoms. The van der Waals surface area contributed by atoms with Crippen LogP contribution in [0, 0.1) is 10.8 Å². The number of carbonyl (C=O) groups is 2. The molecule has 2 aliphatic rings. The molecule has 0 N–H and O–H groups in total. The van der Waals surface area contributed by atoms with Crippen molar-refractivity contribution in [3.8, 4) is 0 Å². The van der Waals surface area contributed by atoms with Crippen molar-refractivity contribution in [3.05, 3.63) is 35.4 Å². The first-order valence-electron chi connectivity index (χ1n) is 9.26. The van der Waals surface area contributed by atoms with Crippen molar-refractivity contribution in [2.24, 2.45) is 10.8 Å². The number of fused-ring (bicyclic) bond motifs is 2. The third kappa shape index (κ3) is 4.09. The molecule has 1 saturated heterocycles. The standard InChI is InChI=1S/C21H29NO4/c1-20(2)9-17-10-21(3,13-20)14-22(17)18(23)12-26-19(24)16-7-5-15(6-8-16)11-25-4/h5-8,17H,9-14H2,1-4H3/t17-,21-/m1/s1. The van der Waals surface area contributed by atoms with E-state index in [1.165, 1.54) is 0 Å². The number of amides is 1. The normalized spacial score (nSPS) is 26.6. The number of carbonyl (C=O) groups excluding carboxylic acids is 2. The first kappa shape index (κ1) is 18.9. The summed E-state index contributed by atoms with van der Waals surface area (Å²) in [6, 6.07) is 7.33. The number of nitrogens with zero attached hydrogens (tertiary/aromatic N) is 1. The quantitative estimate of drug-likeness (QED) is 0.756. The van der Waals surface area contributed by atoms with Gasteiger partial charge in [0.2, 0.25) is 0 Å². The summed E-state index contributed by atoms with van der Waals surface area (Å²) < 4.78 is 10.3. The lowest BCUT2D eigenvalue weighted by atomic mass is 9.65. The van der Waals surface area contributed by atoms with Gasteiger partial charge in [0.05, 0.1) is 12.2 Å². The Balaban J connectivity index is 1.56. The lowest BCUT2D eigenvalue weighted by Crippen LogP contribution is -2.39. The predicted molar refractivity (Wildman–Crippen MR) is 98.7 cm³/mol. The zero-order valence-corrected chi connectivity index (χ0v) is 16.2. The molecule has 0 unspecified atom stereocenters. The van der Waals surface area contributed by atoms with Crippen molar-refractivity contribution in [1.29, 1.82) is 0 Å². The first-order valence-corrected chi connectivity index (χ1v) is 9.26. The Morgan fingerprint density at radius 2 is 1.85 bits per heavy atom. The first-order chi connectivity index (χ1) is 12.2. The van der Waals surface area contributed by atoms with Gasteiger partial charge in [-0.05, 0) is 47.8 Å². The highest BCUT2D eigenvalue weighted by Crippen LogP contribution is 2.52. The smallest absolute Gasteiger partial charge is 0.338 e. The van der Waals surface area contributed by atoms with Crippen LogP contribution >= 0.6 is 0 Å². The van der Waals surface area contributed by atoms with Crippen LogP contribution < -0.4 is 0 Å². The number of methoxy groups -OCH3 is 1. The van der Waals surface area contributed by atoms with Crippen molar-refractivity contribution in [2.75, 3.05) is 20.3 Å². The van der Waals surface area contributed by atoms with Crippen LogP contribution in [0.1, 0.15) is 56.0 Å². The van der Waals surface area contributed by atoms with Crippen LogP contribution in [-0.2, 0) is 20.9 Å². The second kappa shape index (κ2) is 7.03. The number of hydrogen-bond donors (Lipinski definition) is 0. The van der Waals surface area contributed by atoms with Gasteiger partial charge in [0, 0.05) is 19.7 Å². The molecule has 5 nitrogen and oxygen atoms in total. The maximum absolute atomic E-state index is 12.6. The van der Waals surface area contributed by atoms with E-state index < -0.39 is 5.97 Å². The monoisotopic (exact) mass is 359 g/mol. The van der Waals surface area contributed by atoms with E-state index in [2.05, 4.69) is 20.8 Å². The average Bonchev–Trinajstić information content (AvgIpc) is 2.82. The molecule has 0 aromatic heterocycles. The Labute approximate surface area is 155 Å². The van der Waals surface area contributed by atoms with Gasteiger partial charge < -0.3 is 14.4 Å². The number of hydrogen-bond acceptors (Lipinski definition) is 4. The molecule has 1 aromatic rings. The summed E-state index contributed by atoms with van der Waals surface area (Å²) in [6.07, 6.45) is 3.20. The molecule has 2 fully saturated rings. The number of esters is 1. The van der Waals surface area contributed by atoms with Crippen LogP contribution in [0.4, 0.5) is 0 Å². The van der Waals surface area contributed by atoms with E-state index in [1.807, 2.05) is 17.0 Å². The Bertz CT molecular complexity index is 682. The van der Waals surface area contributed by atoms with E-state index >= 15 is 0 Å². The van der Waals surface area contributed by atoms with Crippen LogP contribution in [0.3, 0.4) is 0 Å². The van der Waals surface area contributed by atoms with Gasteiger partial charge >= 0.3 is 5.97 Å². The zero-order valence-electron chi connectivity index (χ0n) is 16.2. The Morgan fingerprint density at radius 3 is 2.50 bits per heavy atom. The van der Waals surface area contributed by atoms with Gasteiger partial charge in [0.1, 0.15) is 0 Å². The van der Waals surface area contributed by atoms with E-state index in [-0.39, 0.29) is 29.4 Å². The van der Waals surface area contributed by atoms with Crippen LogP contribution in [0.15, 0.2) is 24.3 Å². The highest BCUT2D eigenvalue weighted by atomic mass is 16.5. The molecule has 2 atom stereocenters. The summed E-state index contributed by atoms with van der Waals surface area (Å²) >= 11 is 0. The molecule has 3 rings (SSSR count). The Hall–Kier alpha value is -1.88. The molecule has 0 spiro atoms. The fraction of sp³-hybridized carbons (Fsp3) is 0.619. The molecule has 2 bridgehead atoms. The largest absolute Gasteiger partial charge is 0.452 e. The molecule has 1 saturated carbocycles.